The molecule has 1 aromatic heterocycles. The van der Waals surface area contributed by atoms with Crippen LogP contribution in [0.1, 0.15) is 39.0 Å². The van der Waals surface area contributed by atoms with Gasteiger partial charge in [0.1, 0.15) is 12.4 Å². The molecule has 6 heteroatoms. The van der Waals surface area contributed by atoms with Crippen LogP contribution in [0.4, 0.5) is 11.4 Å². The van der Waals surface area contributed by atoms with Crippen LogP contribution >= 0.6 is 11.3 Å². The second kappa shape index (κ2) is 8.82. The van der Waals surface area contributed by atoms with E-state index in [9.17, 15) is 9.59 Å². The van der Waals surface area contributed by atoms with Crippen LogP contribution in [0.25, 0.3) is 6.08 Å². The molecule has 0 saturated carbocycles. The first-order chi connectivity index (χ1) is 13.8. The molecule has 29 heavy (non-hydrogen) atoms. The van der Waals surface area contributed by atoms with Crippen LogP contribution in [-0.4, -0.2) is 25.0 Å². The van der Waals surface area contributed by atoms with Crippen LogP contribution < -0.4 is 15.0 Å². The van der Waals surface area contributed by atoms with Crippen molar-refractivity contribution in [3.63, 3.8) is 0 Å². The van der Waals surface area contributed by atoms with Gasteiger partial charge in [-0.1, -0.05) is 19.9 Å². The van der Waals surface area contributed by atoms with Gasteiger partial charge < -0.3 is 15.0 Å². The van der Waals surface area contributed by atoms with Gasteiger partial charge in [-0.15, -0.1) is 11.3 Å². The summed E-state index contributed by atoms with van der Waals surface area (Å²) in [6.07, 6.45) is 4.21. The fourth-order valence-electron chi connectivity index (χ4n) is 3.06. The molecule has 0 spiro atoms. The molecule has 0 bridgehead atoms. The Morgan fingerprint density at radius 1 is 1.34 bits per heavy atom. The normalized spacial score (nSPS) is 15.9. The summed E-state index contributed by atoms with van der Waals surface area (Å²) < 4.78 is 5.98. The van der Waals surface area contributed by atoms with Crippen LogP contribution in [0, 0.1) is 11.3 Å². The highest BCUT2D eigenvalue weighted by atomic mass is 32.1. The summed E-state index contributed by atoms with van der Waals surface area (Å²) in [5.74, 6) is 0.965. The number of nitrogens with zero attached hydrogens (tertiary/aromatic N) is 1. The summed E-state index contributed by atoms with van der Waals surface area (Å²) in [6, 6.07) is 9.36. The number of benzene rings is 1. The summed E-state index contributed by atoms with van der Waals surface area (Å²) in [4.78, 5) is 28.2. The number of rotatable bonds is 6. The van der Waals surface area contributed by atoms with Crippen LogP contribution in [0.5, 0.6) is 5.75 Å². The van der Waals surface area contributed by atoms with Crippen molar-refractivity contribution in [2.45, 2.75) is 34.1 Å². The Kier molecular flexibility index (Phi) is 6.42. The number of carbonyl (C=O) groups excluding carboxylic acids is 2. The van der Waals surface area contributed by atoms with Gasteiger partial charge in [0.05, 0.1) is 11.1 Å². The zero-order valence-electron chi connectivity index (χ0n) is 17.4. The summed E-state index contributed by atoms with van der Waals surface area (Å²) >= 11 is 1.57. The molecule has 1 N–H and O–H groups in total. The lowest BCUT2D eigenvalue weighted by molar-refractivity contribution is -0.127. The lowest BCUT2D eigenvalue weighted by Gasteiger charge is -2.28. The molecular weight excluding hydrogens is 384 g/mol. The number of hydrogen-bond donors (Lipinski definition) is 1. The van der Waals surface area contributed by atoms with Gasteiger partial charge in [0.2, 0.25) is 11.8 Å². The molecule has 0 atom stereocenters. The Balaban J connectivity index is 1.80. The molecule has 1 aromatic carbocycles. The van der Waals surface area contributed by atoms with E-state index < -0.39 is 5.41 Å². The zero-order valence-corrected chi connectivity index (χ0v) is 18.2. The standard InChI is InChI=1S/C23H28N2O3S/c1-16(2)11-12-25-19-9-7-17(14-20(19)28-15-23(3,4)22(25)27)24-21(26)10-8-18-6-5-13-29-18/h5-10,13-14,16H,11-12,15H2,1-4H3,(H,24,26)/b10-8+. The topological polar surface area (TPSA) is 58.6 Å². The third-order valence-corrected chi connectivity index (χ3v) is 5.64. The van der Waals surface area contributed by atoms with Crippen LogP contribution in [0.15, 0.2) is 41.8 Å². The van der Waals surface area contributed by atoms with Gasteiger partial charge in [-0.3, -0.25) is 9.59 Å². The number of anilines is 2. The maximum Gasteiger partial charge on any atom is 0.248 e. The molecule has 2 heterocycles. The second-order valence-corrected chi connectivity index (χ2v) is 9.31. The molecule has 2 amide bonds. The van der Waals surface area contributed by atoms with E-state index in [4.69, 9.17) is 4.74 Å². The number of nitrogens with one attached hydrogen (secondary N) is 1. The molecule has 3 rings (SSSR count). The summed E-state index contributed by atoms with van der Waals surface area (Å²) in [6.45, 7) is 9.04. The zero-order chi connectivity index (χ0) is 21.0. The molecular formula is C23H28N2O3S. The van der Waals surface area contributed by atoms with E-state index in [2.05, 4.69) is 19.2 Å². The van der Waals surface area contributed by atoms with E-state index in [1.165, 1.54) is 6.08 Å². The minimum Gasteiger partial charge on any atom is -0.490 e. The number of hydrogen-bond acceptors (Lipinski definition) is 4. The first-order valence-corrected chi connectivity index (χ1v) is 10.8. The number of ether oxygens (including phenoxy) is 1. The number of amides is 2. The largest absolute Gasteiger partial charge is 0.490 e. The molecule has 0 fully saturated rings. The molecule has 0 aliphatic carbocycles. The van der Waals surface area contributed by atoms with Crippen molar-refractivity contribution in [1.29, 1.82) is 0 Å². The Morgan fingerprint density at radius 2 is 2.14 bits per heavy atom. The highest BCUT2D eigenvalue weighted by Crippen LogP contribution is 2.38. The maximum absolute atomic E-state index is 13.1. The Labute approximate surface area is 176 Å². The quantitative estimate of drug-likeness (QED) is 0.664. The third kappa shape index (κ3) is 5.26. The van der Waals surface area contributed by atoms with E-state index >= 15 is 0 Å². The molecule has 2 aromatic rings. The molecule has 154 valence electrons. The van der Waals surface area contributed by atoms with Gasteiger partial charge >= 0.3 is 0 Å². The SMILES string of the molecule is CC(C)CCN1C(=O)C(C)(C)COc2cc(NC(=O)/C=C/c3cccs3)ccc21. The van der Waals surface area contributed by atoms with E-state index in [1.54, 1.807) is 23.5 Å². The van der Waals surface area contributed by atoms with Crippen molar-refractivity contribution in [1.82, 2.24) is 0 Å². The predicted molar refractivity (Wildman–Crippen MR) is 120 cm³/mol. The lowest BCUT2D eigenvalue weighted by Crippen LogP contribution is -2.42. The smallest absolute Gasteiger partial charge is 0.248 e. The van der Waals surface area contributed by atoms with Gasteiger partial charge in [-0.2, -0.15) is 0 Å². The van der Waals surface area contributed by atoms with Crippen molar-refractivity contribution in [3.05, 3.63) is 46.7 Å². The van der Waals surface area contributed by atoms with Gasteiger partial charge in [0.25, 0.3) is 0 Å². The number of fused-ring (bicyclic) bond motifs is 1. The van der Waals surface area contributed by atoms with Crippen molar-refractivity contribution < 1.29 is 14.3 Å². The van der Waals surface area contributed by atoms with E-state index in [-0.39, 0.29) is 11.8 Å². The van der Waals surface area contributed by atoms with Crippen LogP contribution in [-0.2, 0) is 9.59 Å². The van der Waals surface area contributed by atoms with Crippen LogP contribution in [0.3, 0.4) is 0 Å². The summed E-state index contributed by atoms with van der Waals surface area (Å²) in [5, 5.41) is 4.83. The third-order valence-electron chi connectivity index (χ3n) is 4.80. The van der Waals surface area contributed by atoms with Crippen LogP contribution in [0.2, 0.25) is 0 Å². The highest BCUT2D eigenvalue weighted by Gasteiger charge is 2.37. The highest BCUT2D eigenvalue weighted by molar-refractivity contribution is 7.10. The molecule has 1 aliphatic rings. The molecule has 0 saturated heterocycles. The second-order valence-electron chi connectivity index (χ2n) is 8.33. The van der Waals surface area contributed by atoms with Gasteiger partial charge in [0, 0.05) is 29.3 Å². The Hall–Kier alpha value is -2.60. The summed E-state index contributed by atoms with van der Waals surface area (Å²) in [7, 11) is 0. The van der Waals surface area contributed by atoms with Gasteiger partial charge in [-0.25, -0.2) is 0 Å². The maximum atomic E-state index is 13.1. The van der Waals surface area contributed by atoms with Crippen molar-refractivity contribution in [3.8, 4) is 5.75 Å². The molecule has 0 unspecified atom stereocenters. The molecule has 0 radical (unpaired) electrons. The fraction of sp³-hybridized carbons (Fsp3) is 0.391. The monoisotopic (exact) mass is 412 g/mol. The number of carbonyl (C=O) groups is 2. The molecule has 5 nitrogen and oxygen atoms in total. The number of thiophene rings is 1. The summed E-state index contributed by atoms with van der Waals surface area (Å²) in [5.41, 5.74) is 0.789. The fourth-order valence-corrected chi connectivity index (χ4v) is 3.68. The Bertz CT molecular complexity index is 901. The minimum absolute atomic E-state index is 0.0626. The average Bonchev–Trinajstić information content (AvgIpc) is 3.16. The first kappa shape index (κ1) is 21.1. The minimum atomic E-state index is -0.608. The molecule has 1 aliphatic heterocycles. The van der Waals surface area contributed by atoms with Crippen molar-refractivity contribution in [2.24, 2.45) is 11.3 Å². The van der Waals surface area contributed by atoms with Gasteiger partial charge in [0.15, 0.2) is 0 Å². The van der Waals surface area contributed by atoms with Crippen molar-refractivity contribution in [2.75, 3.05) is 23.4 Å². The van der Waals surface area contributed by atoms with Crippen molar-refractivity contribution >= 4 is 40.6 Å². The Morgan fingerprint density at radius 3 is 2.83 bits per heavy atom. The lowest BCUT2D eigenvalue weighted by atomic mass is 9.92. The van der Waals surface area contributed by atoms with E-state index in [1.807, 2.05) is 48.4 Å². The van der Waals surface area contributed by atoms with Gasteiger partial charge in [-0.05, 0) is 55.8 Å². The predicted octanol–water partition coefficient (Wildman–Crippen LogP) is 5.20. The van der Waals surface area contributed by atoms with E-state index in [0.717, 1.165) is 17.0 Å². The van der Waals surface area contributed by atoms with E-state index in [0.29, 0.717) is 30.5 Å². The first-order valence-electron chi connectivity index (χ1n) is 9.87. The average molecular weight is 413 g/mol.